The first kappa shape index (κ1) is 11.0. The monoisotopic (exact) mass is 234 g/mol. The topological polar surface area (TPSA) is 30.2 Å². The zero-order valence-corrected chi connectivity index (χ0v) is 9.62. The molecule has 0 spiro atoms. The van der Waals surface area contributed by atoms with Crippen LogP contribution in [0.4, 0.5) is 0 Å². The number of carbonyl (C=O) groups excluding carboxylic acids is 1. The smallest absolute Gasteiger partial charge is 0.170 e. The van der Waals surface area contributed by atoms with Crippen molar-refractivity contribution in [1.82, 2.24) is 0 Å². The summed E-state index contributed by atoms with van der Waals surface area (Å²) in [4.78, 5) is 11.9. The second kappa shape index (κ2) is 4.54. The molecule has 1 aromatic heterocycles. The molecule has 0 aliphatic rings. The molecule has 0 N–H and O–H groups in total. The minimum Gasteiger partial charge on any atom is -0.469 e. The summed E-state index contributed by atoms with van der Waals surface area (Å²) >= 11 is 5.85. The highest BCUT2D eigenvalue weighted by atomic mass is 35.5. The molecule has 3 heteroatoms. The van der Waals surface area contributed by atoms with Gasteiger partial charge in [-0.3, -0.25) is 4.79 Å². The van der Waals surface area contributed by atoms with E-state index in [1.807, 2.05) is 12.1 Å². The lowest BCUT2D eigenvalue weighted by Gasteiger charge is -2.00. The third-order valence-electron chi connectivity index (χ3n) is 2.41. The van der Waals surface area contributed by atoms with Crippen molar-refractivity contribution in [2.45, 2.75) is 13.3 Å². The summed E-state index contributed by atoms with van der Waals surface area (Å²) in [7, 11) is 0. The Kier molecular flexibility index (Phi) is 3.11. The van der Waals surface area contributed by atoms with Gasteiger partial charge < -0.3 is 4.42 Å². The number of Topliss-reactive ketones (excluding diaryl/α,β-unsaturated/α-hetero) is 1. The van der Waals surface area contributed by atoms with Crippen LogP contribution in [0.5, 0.6) is 0 Å². The van der Waals surface area contributed by atoms with Gasteiger partial charge in [0.2, 0.25) is 0 Å². The van der Waals surface area contributed by atoms with Gasteiger partial charge in [0.05, 0.1) is 11.8 Å². The van der Waals surface area contributed by atoms with Crippen LogP contribution in [0.15, 0.2) is 41.0 Å². The Morgan fingerprint density at radius 2 is 2.19 bits per heavy atom. The van der Waals surface area contributed by atoms with Crippen molar-refractivity contribution in [2.24, 2.45) is 0 Å². The van der Waals surface area contributed by atoms with E-state index in [4.69, 9.17) is 16.0 Å². The second-order valence-corrected chi connectivity index (χ2v) is 4.06. The molecule has 2 rings (SSSR count). The molecule has 16 heavy (non-hydrogen) atoms. The van der Waals surface area contributed by atoms with E-state index in [1.165, 1.54) is 6.26 Å². The minimum absolute atomic E-state index is 0.0496. The zero-order chi connectivity index (χ0) is 11.5. The molecule has 0 saturated carbocycles. The molecule has 0 fully saturated rings. The fourth-order valence-corrected chi connectivity index (χ4v) is 1.81. The third-order valence-corrected chi connectivity index (χ3v) is 2.65. The van der Waals surface area contributed by atoms with E-state index in [1.54, 1.807) is 25.1 Å². The molecule has 2 nitrogen and oxygen atoms in total. The van der Waals surface area contributed by atoms with Crippen LogP contribution in [-0.2, 0) is 6.42 Å². The maximum Gasteiger partial charge on any atom is 0.170 e. The molecule has 0 aliphatic carbocycles. The Hall–Kier alpha value is -1.54. The van der Waals surface area contributed by atoms with Gasteiger partial charge in [-0.1, -0.05) is 23.7 Å². The highest BCUT2D eigenvalue weighted by Crippen LogP contribution is 2.15. The van der Waals surface area contributed by atoms with Gasteiger partial charge in [-0.15, -0.1) is 0 Å². The molecule has 82 valence electrons. The zero-order valence-electron chi connectivity index (χ0n) is 8.87. The molecule has 0 atom stereocenters. The molecule has 1 heterocycles. The number of rotatable bonds is 3. The second-order valence-electron chi connectivity index (χ2n) is 3.62. The maximum atomic E-state index is 11.9. The lowest BCUT2D eigenvalue weighted by molar-refractivity contribution is 0.0991. The Balaban J connectivity index is 2.17. The van der Waals surface area contributed by atoms with Crippen LogP contribution in [0.3, 0.4) is 0 Å². The number of aryl methyl sites for hydroxylation is 1. The van der Waals surface area contributed by atoms with Gasteiger partial charge >= 0.3 is 0 Å². The van der Waals surface area contributed by atoms with Crippen LogP contribution in [0.25, 0.3) is 0 Å². The number of carbonyl (C=O) groups is 1. The molecule has 0 unspecified atom stereocenters. The van der Waals surface area contributed by atoms with Crippen LogP contribution < -0.4 is 0 Å². The lowest BCUT2D eigenvalue weighted by atomic mass is 10.0. The summed E-state index contributed by atoms with van der Waals surface area (Å²) in [5.41, 5.74) is 1.55. The first-order chi connectivity index (χ1) is 7.66. The van der Waals surface area contributed by atoms with E-state index in [2.05, 4.69) is 0 Å². The molecule has 0 saturated heterocycles. The molecular weight excluding hydrogens is 224 g/mol. The van der Waals surface area contributed by atoms with E-state index in [0.29, 0.717) is 22.8 Å². The van der Waals surface area contributed by atoms with Crippen molar-refractivity contribution in [3.8, 4) is 0 Å². The van der Waals surface area contributed by atoms with Crippen molar-refractivity contribution >= 4 is 17.4 Å². The fraction of sp³-hybridized carbons (Fsp3) is 0.154. The SMILES string of the molecule is Cc1occc1C(=O)Cc1cccc(Cl)c1. The van der Waals surface area contributed by atoms with Crippen LogP contribution in [0.2, 0.25) is 5.02 Å². The highest BCUT2D eigenvalue weighted by molar-refractivity contribution is 6.30. The number of ketones is 1. The van der Waals surface area contributed by atoms with Gasteiger partial charge in [0.1, 0.15) is 5.76 Å². The summed E-state index contributed by atoms with van der Waals surface area (Å²) < 4.78 is 5.10. The van der Waals surface area contributed by atoms with Crippen LogP contribution in [0.1, 0.15) is 21.7 Å². The largest absolute Gasteiger partial charge is 0.469 e. The van der Waals surface area contributed by atoms with Crippen molar-refractivity contribution < 1.29 is 9.21 Å². The maximum absolute atomic E-state index is 11.9. The molecule has 0 radical (unpaired) electrons. The Labute approximate surface area is 98.8 Å². The average Bonchev–Trinajstić information content (AvgIpc) is 2.64. The third kappa shape index (κ3) is 2.34. The van der Waals surface area contributed by atoms with Crippen LogP contribution in [-0.4, -0.2) is 5.78 Å². The summed E-state index contributed by atoms with van der Waals surface area (Å²) in [6, 6.07) is 9.02. The van der Waals surface area contributed by atoms with E-state index in [-0.39, 0.29) is 5.78 Å². The molecule has 1 aromatic carbocycles. The van der Waals surface area contributed by atoms with Gasteiger partial charge in [0.25, 0.3) is 0 Å². The van der Waals surface area contributed by atoms with E-state index >= 15 is 0 Å². The Morgan fingerprint density at radius 3 is 2.81 bits per heavy atom. The highest BCUT2D eigenvalue weighted by Gasteiger charge is 2.11. The molecule has 0 amide bonds. The Morgan fingerprint density at radius 1 is 1.38 bits per heavy atom. The van der Waals surface area contributed by atoms with Crippen molar-refractivity contribution in [1.29, 1.82) is 0 Å². The lowest BCUT2D eigenvalue weighted by Crippen LogP contribution is -2.03. The summed E-state index contributed by atoms with van der Waals surface area (Å²) in [5.74, 6) is 0.709. The van der Waals surface area contributed by atoms with E-state index < -0.39 is 0 Å². The number of hydrogen-bond acceptors (Lipinski definition) is 2. The van der Waals surface area contributed by atoms with Gasteiger partial charge in [-0.25, -0.2) is 0 Å². The summed E-state index contributed by atoms with van der Waals surface area (Å²) in [6.45, 7) is 1.78. The first-order valence-corrected chi connectivity index (χ1v) is 5.36. The first-order valence-electron chi connectivity index (χ1n) is 4.98. The quantitative estimate of drug-likeness (QED) is 0.759. The van der Waals surface area contributed by atoms with Gasteiger partial charge in [0, 0.05) is 11.4 Å². The Bertz CT molecular complexity index is 514. The molecule has 0 aliphatic heterocycles. The van der Waals surface area contributed by atoms with Crippen molar-refractivity contribution in [3.63, 3.8) is 0 Å². The average molecular weight is 235 g/mol. The minimum atomic E-state index is 0.0496. The standard InChI is InChI=1S/C13H11ClO2/c1-9-12(5-6-16-9)13(15)8-10-3-2-4-11(14)7-10/h2-7H,8H2,1H3. The van der Waals surface area contributed by atoms with Crippen LogP contribution in [0, 0.1) is 6.92 Å². The number of benzene rings is 1. The van der Waals surface area contributed by atoms with E-state index in [9.17, 15) is 4.79 Å². The van der Waals surface area contributed by atoms with Gasteiger partial charge in [-0.05, 0) is 30.7 Å². The van der Waals surface area contributed by atoms with Crippen LogP contribution >= 0.6 is 11.6 Å². The van der Waals surface area contributed by atoms with Crippen molar-refractivity contribution in [3.05, 3.63) is 58.5 Å². The van der Waals surface area contributed by atoms with Crippen molar-refractivity contribution in [2.75, 3.05) is 0 Å². The number of halogens is 1. The van der Waals surface area contributed by atoms with Gasteiger partial charge in [0.15, 0.2) is 5.78 Å². The molecule has 2 aromatic rings. The predicted octanol–water partition coefficient (Wildman–Crippen LogP) is 3.67. The summed E-state index contributed by atoms with van der Waals surface area (Å²) in [6.07, 6.45) is 1.88. The normalized spacial score (nSPS) is 10.4. The van der Waals surface area contributed by atoms with E-state index in [0.717, 1.165) is 5.56 Å². The fourth-order valence-electron chi connectivity index (χ4n) is 1.60. The number of hydrogen-bond donors (Lipinski definition) is 0. The summed E-state index contributed by atoms with van der Waals surface area (Å²) in [5, 5.41) is 0.647. The van der Waals surface area contributed by atoms with Gasteiger partial charge in [-0.2, -0.15) is 0 Å². The molecular formula is C13H11ClO2. The number of furan rings is 1. The molecule has 0 bridgehead atoms. The predicted molar refractivity (Wildman–Crippen MR) is 62.9 cm³/mol.